The van der Waals surface area contributed by atoms with E-state index in [1.807, 2.05) is 0 Å². The number of unbranched alkanes of at least 4 members (excludes halogenated alkanes) is 49. The maximum Gasteiger partial charge on any atom is 0.306 e. The van der Waals surface area contributed by atoms with Crippen molar-refractivity contribution in [3.63, 3.8) is 0 Å². The number of rotatable bonds is 62. The summed E-state index contributed by atoms with van der Waals surface area (Å²) in [4.78, 5) is 38.1. The first-order valence-corrected chi connectivity index (χ1v) is 33.2. The molecule has 0 fully saturated rings. The average molecular weight is 1030 g/mol. The SMILES string of the molecule is CCCCC/C=C\CCCCCCCC(=O)OC(COC(=O)CCCCCCCCCCCCC)COC(=O)CCCCCCCCCCCCCCCCCCCCCCCCCCCCCCCCCC. The van der Waals surface area contributed by atoms with Crippen LogP contribution in [0.3, 0.4) is 0 Å². The molecule has 1 atom stereocenters. The standard InChI is InChI=1S/C67H128O6/c1-4-7-10-13-16-19-22-24-25-26-27-28-29-30-31-32-33-34-35-36-37-38-39-40-41-42-43-46-48-51-54-57-60-66(69)72-63-64(62-71-65(68)59-56-53-50-47-44-21-18-15-12-9-6-3)73-67(70)61-58-55-52-49-45-23-20-17-14-11-8-5-2/h17,20,64H,4-16,18-19,21-63H2,1-3H3/b20-17-. The van der Waals surface area contributed by atoms with Crippen LogP contribution in [-0.2, 0) is 28.6 Å². The van der Waals surface area contributed by atoms with Crippen molar-refractivity contribution in [2.24, 2.45) is 0 Å². The number of allylic oxidation sites excluding steroid dienone is 2. The van der Waals surface area contributed by atoms with Crippen molar-refractivity contribution in [2.75, 3.05) is 13.2 Å². The smallest absolute Gasteiger partial charge is 0.306 e. The fraction of sp³-hybridized carbons (Fsp3) is 0.925. The summed E-state index contributed by atoms with van der Waals surface area (Å²) in [6.45, 7) is 6.66. The number of esters is 3. The van der Waals surface area contributed by atoms with Crippen LogP contribution in [0.1, 0.15) is 380 Å². The van der Waals surface area contributed by atoms with Gasteiger partial charge in [-0.2, -0.15) is 0 Å². The van der Waals surface area contributed by atoms with Crippen LogP contribution in [-0.4, -0.2) is 37.2 Å². The van der Waals surface area contributed by atoms with Gasteiger partial charge in [0, 0.05) is 19.3 Å². The van der Waals surface area contributed by atoms with E-state index < -0.39 is 6.10 Å². The molecule has 0 N–H and O–H groups in total. The van der Waals surface area contributed by atoms with E-state index in [4.69, 9.17) is 14.2 Å². The van der Waals surface area contributed by atoms with Crippen LogP contribution in [0.5, 0.6) is 0 Å². The van der Waals surface area contributed by atoms with Crippen LogP contribution in [0.15, 0.2) is 12.2 Å². The zero-order valence-corrected chi connectivity index (χ0v) is 49.7. The highest BCUT2D eigenvalue weighted by Gasteiger charge is 2.19. The van der Waals surface area contributed by atoms with Crippen LogP contribution in [0.4, 0.5) is 0 Å². The fourth-order valence-electron chi connectivity index (χ4n) is 10.3. The van der Waals surface area contributed by atoms with Gasteiger partial charge in [-0.3, -0.25) is 14.4 Å². The molecular weight excluding hydrogens is 901 g/mol. The third-order valence-corrected chi connectivity index (χ3v) is 15.3. The fourth-order valence-corrected chi connectivity index (χ4v) is 10.3. The van der Waals surface area contributed by atoms with E-state index in [0.717, 1.165) is 64.2 Å². The van der Waals surface area contributed by atoms with E-state index in [2.05, 4.69) is 32.9 Å². The second-order valence-corrected chi connectivity index (χ2v) is 22.7. The van der Waals surface area contributed by atoms with Gasteiger partial charge < -0.3 is 14.2 Å². The molecule has 0 heterocycles. The predicted molar refractivity (Wildman–Crippen MR) is 317 cm³/mol. The molecule has 1 unspecified atom stereocenters. The highest BCUT2D eigenvalue weighted by Crippen LogP contribution is 2.19. The molecule has 432 valence electrons. The minimum absolute atomic E-state index is 0.0676. The van der Waals surface area contributed by atoms with Crippen molar-refractivity contribution in [1.29, 1.82) is 0 Å². The Kier molecular flexibility index (Phi) is 61.1. The first-order chi connectivity index (χ1) is 36.0. The molecule has 0 bridgehead atoms. The van der Waals surface area contributed by atoms with Gasteiger partial charge in [-0.15, -0.1) is 0 Å². The molecule has 0 aromatic heterocycles. The Hall–Kier alpha value is -1.85. The Morgan fingerprint density at radius 1 is 0.260 bits per heavy atom. The first-order valence-electron chi connectivity index (χ1n) is 33.2. The maximum atomic E-state index is 12.8. The summed E-state index contributed by atoms with van der Waals surface area (Å²) >= 11 is 0. The number of ether oxygens (including phenoxy) is 3. The van der Waals surface area contributed by atoms with E-state index in [0.29, 0.717) is 19.3 Å². The van der Waals surface area contributed by atoms with Gasteiger partial charge in [0.05, 0.1) is 0 Å². The van der Waals surface area contributed by atoms with E-state index >= 15 is 0 Å². The van der Waals surface area contributed by atoms with Gasteiger partial charge >= 0.3 is 17.9 Å². The zero-order valence-electron chi connectivity index (χ0n) is 49.7. The van der Waals surface area contributed by atoms with Gasteiger partial charge in [-0.25, -0.2) is 0 Å². The molecule has 73 heavy (non-hydrogen) atoms. The molecule has 6 heteroatoms. The highest BCUT2D eigenvalue weighted by atomic mass is 16.6. The van der Waals surface area contributed by atoms with Crippen LogP contribution >= 0.6 is 0 Å². The molecular formula is C67H128O6. The van der Waals surface area contributed by atoms with Gasteiger partial charge in [0.15, 0.2) is 6.10 Å². The van der Waals surface area contributed by atoms with E-state index in [-0.39, 0.29) is 31.1 Å². The Labute approximate surface area is 456 Å². The van der Waals surface area contributed by atoms with Crippen molar-refractivity contribution in [1.82, 2.24) is 0 Å². The summed E-state index contributed by atoms with van der Waals surface area (Å²) < 4.78 is 16.9. The minimum atomic E-state index is -0.768. The lowest BCUT2D eigenvalue weighted by molar-refractivity contribution is -0.167. The predicted octanol–water partition coefficient (Wildman–Crippen LogP) is 22.4. The molecule has 0 amide bonds. The number of hydrogen-bond donors (Lipinski definition) is 0. The molecule has 0 rings (SSSR count). The van der Waals surface area contributed by atoms with Gasteiger partial charge in [-0.1, -0.05) is 328 Å². The summed E-state index contributed by atoms with van der Waals surface area (Å²) in [6, 6.07) is 0. The lowest BCUT2D eigenvalue weighted by Gasteiger charge is -2.18. The number of hydrogen-bond acceptors (Lipinski definition) is 6. The van der Waals surface area contributed by atoms with Gasteiger partial charge in [-0.05, 0) is 44.9 Å². The normalized spacial score (nSPS) is 12.0. The van der Waals surface area contributed by atoms with Crippen LogP contribution < -0.4 is 0 Å². The third-order valence-electron chi connectivity index (χ3n) is 15.3. The molecule has 0 aliphatic carbocycles. The summed E-state index contributed by atoms with van der Waals surface area (Å²) in [5, 5.41) is 0. The summed E-state index contributed by atoms with van der Waals surface area (Å²) in [7, 11) is 0. The van der Waals surface area contributed by atoms with E-state index in [9.17, 15) is 14.4 Å². The van der Waals surface area contributed by atoms with Crippen LogP contribution in [0.2, 0.25) is 0 Å². The minimum Gasteiger partial charge on any atom is -0.462 e. The summed E-state index contributed by atoms with van der Waals surface area (Å²) in [6.07, 6.45) is 74.0. The zero-order chi connectivity index (χ0) is 52.9. The van der Waals surface area contributed by atoms with Crippen LogP contribution in [0.25, 0.3) is 0 Å². The first kappa shape index (κ1) is 71.2. The van der Waals surface area contributed by atoms with Gasteiger partial charge in [0.1, 0.15) is 13.2 Å². The molecule has 0 aromatic rings. The molecule has 0 saturated carbocycles. The highest BCUT2D eigenvalue weighted by molar-refractivity contribution is 5.71. The second kappa shape index (κ2) is 62.7. The topological polar surface area (TPSA) is 78.9 Å². The monoisotopic (exact) mass is 1030 g/mol. The number of carbonyl (C=O) groups excluding carboxylic acids is 3. The van der Waals surface area contributed by atoms with Crippen molar-refractivity contribution in [2.45, 2.75) is 386 Å². The molecule has 0 saturated heterocycles. The Balaban J connectivity index is 3.98. The van der Waals surface area contributed by atoms with Gasteiger partial charge in [0.25, 0.3) is 0 Å². The maximum absolute atomic E-state index is 12.8. The van der Waals surface area contributed by atoms with E-state index in [1.54, 1.807) is 0 Å². The van der Waals surface area contributed by atoms with E-state index in [1.165, 1.54) is 276 Å². The summed E-state index contributed by atoms with van der Waals surface area (Å²) in [5.74, 6) is -0.853. The van der Waals surface area contributed by atoms with Crippen molar-refractivity contribution < 1.29 is 28.6 Å². The summed E-state index contributed by atoms with van der Waals surface area (Å²) in [5.41, 5.74) is 0. The lowest BCUT2D eigenvalue weighted by Crippen LogP contribution is -2.30. The molecule has 6 nitrogen and oxygen atoms in total. The van der Waals surface area contributed by atoms with Gasteiger partial charge in [0.2, 0.25) is 0 Å². The molecule has 0 spiro atoms. The Morgan fingerprint density at radius 3 is 0.712 bits per heavy atom. The third kappa shape index (κ3) is 60.9. The van der Waals surface area contributed by atoms with Crippen molar-refractivity contribution in [3.05, 3.63) is 12.2 Å². The Morgan fingerprint density at radius 2 is 0.452 bits per heavy atom. The molecule has 0 aliphatic heterocycles. The molecule has 0 aromatic carbocycles. The molecule has 0 radical (unpaired) electrons. The average Bonchev–Trinajstić information content (AvgIpc) is 3.39. The van der Waals surface area contributed by atoms with Crippen LogP contribution in [0, 0.1) is 0 Å². The van der Waals surface area contributed by atoms with Crippen molar-refractivity contribution in [3.8, 4) is 0 Å². The Bertz CT molecular complexity index is 1130. The second-order valence-electron chi connectivity index (χ2n) is 22.7. The number of carbonyl (C=O) groups is 3. The largest absolute Gasteiger partial charge is 0.462 e. The molecule has 0 aliphatic rings. The quantitative estimate of drug-likeness (QED) is 0.0261. The van der Waals surface area contributed by atoms with Crippen molar-refractivity contribution >= 4 is 17.9 Å². The lowest BCUT2D eigenvalue weighted by atomic mass is 10.0.